The SMILES string of the molecule is Cn1cc2ccc(S(=O)(=O)c3ccc(CNC(=O)c4ccc5nccn5c4)cc3)cc2n1. The van der Waals surface area contributed by atoms with E-state index in [4.69, 9.17) is 0 Å². The monoisotopic (exact) mass is 445 g/mol. The standard InChI is InChI=1S/C23H19N5O3S/c1-27-14-17-4-8-20(12-21(17)26-27)32(30,31)19-6-2-16(3-7-19)13-25-23(29)18-5-9-22-24-10-11-28(22)15-18/h2-12,14-15H,13H2,1H3,(H,25,29). The molecule has 0 bridgehead atoms. The molecule has 160 valence electrons. The predicted octanol–water partition coefficient (Wildman–Crippen LogP) is 2.98. The first-order chi connectivity index (χ1) is 15.4. The van der Waals surface area contributed by atoms with E-state index in [-0.39, 0.29) is 22.2 Å². The van der Waals surface area contributed by atoms with Gasteiger partial charge in [-0.05, 0) is 48.0 Å². The Labute approximate surface area is 184 Å². The zero-order chi connectivity index (χ0) is 22.3. The van der Waals surface area contributed by atoms with E-state index in [9.17, 15) is 13.2 Å². The number of pyridine rings is 1. The van der Waals surface area contributed by atoms with Crippen molar-refractivity contribution >= 4 is 32.3 Å². The van der Waals surface area contributed by atoms with E-state index in [2.05, 4.69) is 15.4 Å². The quantitative estimate of drug-likeness (QED) is 0.448. The fraction of sp³-hybridized carbons (Fsp3) is 0.0870. The third-order valence-corrected chi connectivity index (χ3v) is 7.01. The maximum Gasteiger partial charge on any atom is 0.253 e. The Morgan fingerprint density at radius 1 is 1.00 bits per heavy atom. The lowest BCUT2D eigenvalue weighted by Crippen LogP contribution is -2.23. The summed E-state index contributed by atoms with van der Waals surface area (Å²) < 4.78 is 29.5. The lowest BCUT2D eigenvalue weighted by molar-refractivity contribution is 0.0950. The Morgan fingerprint density at radius 2 is 1.78 bits per heavy atom. The Morgan fingerprint density at radius 3 is 2.59 bits per heavy atom. The number of aromatic nitrogens is 4. The van der Waals surface area contributed by atoms with Crippen molar-refractivity contribution in [1.29, 1.82) is 0 Å². The van der Waals surface area contributed by atoms with Crippen molar-refractivity contribution in [1.82, 2.24) is 24.5 Å². The molecule has 2 aromatic carbocycles. The minimum Gasteiger partial charge on any atom is -0.348 e. The van der Waals surface area contributed by atoms with Crippen LogP contribution in [0.2, 0.25) is 0 Å². The molecule has 9 heteroatoms. The van der Waals surface area contributed by atoms with Gasteiger partial charge in [0.25, 0.3) is 5.91 Å². The number of nitrogens with zero attached hydrogens (tertiary/aromatic N) is 4. The van der Waals surface area contributed by atoms with Crippen LogP contribution >= 0.6 is 0 Å². The molecule has 0 spiro atoms. The van der Waals surface area contributed by atoms with Gasteiger partial charge in [0, 0.05) is 43.8 Å². The number of imidazole rings is 1. The minimum absolute atomic E-state index is 0.188. The summed E-state index contributed by atoms with van der Waals surface area (Å²) >= 11 is 0. The second-order valence-corrected chi connectivity index (χ2v) is 9.41. The molecule has 5 rings (SSSR count). The molecule has 0 saturated carbocycles. The van der Waals surface area contributed by atoms with Gasteiger partial charge in [-0.15, -0.1) is 0 Å². The first kappa shape index (κ1) is 20.0. The molecule has 0 radical (unpaired) electrons. The van der Waals surface area contributed by atoms with Crippen LogP contribution in [0.3, 0.4) is 0 Å². The van der Waals surface area contributed by atoms with Gasteiger partial charge in [0.2, 0.25) is 9.84 Å². The highest BCUT2D eigenvalue weighted by molar-refractivity contribution is 7.91. The Balaban J connectivity index is 1.31. The number of hydrogen-bond acceptors (Lipinski definition) is 5. The van der Waals surface area contributed by atoms with Crippen molar-refractivity contribution in [2.24, 2.45) is 7.05 Å². The van der Waals surface area contributed by atoms with E-state index in [0.717, 1.165) is 16.6 Å². The molecule has 5 aromatic rings. The summed E-state index contributed by atoms with van der Waals surface area (Å²) in [5, 5.41) is 8.01. The lowest BCUT2D eigenvalue weighted by Gasteiger charge is -2.08. The van der Waals surface area contributed by atoms with E-state index < -0.39 is 9.84 Å². The normalized spacial score (nSPS) is 11.8. The van der Waals surface area contributed by atoms with Gasteiger partial charge in [0.1, 0.15) is 5.65 Å². The molecule has 3 heterocycles. The van der Waals surface area contributed by atoms with Crippen LogP contribution in [0.25, 0.3) is 16.6 Å². The van der Waals surface area contributed by atoms with Gasteiger partial charge in [0.05, 0.1) is 20.9 Å². The number of aryl methyl sites for hydroxylation is 1. The number of amides is 1. The number of nitrogens with one attached hydrogen (secondary N) is 1. The maximum atomic E-state index is 13.0. The number of carbonyl (C=O) groups is 1. The molecule has 0 aliphatic carbocycles. The molecular weight excluding hydrogens is 426 g/mol. The van der Waals surface area contributed by atoms with Crippen molar-refractivity contribution < 1.29 is 13.2 Å². The average molecular weight is 446 g/mol. The fourth-order valence-electron chi connectivity index (χ4n) is 3.55. The lowest BCUT2D eigenvalue weighted by atomic mass is 10.2. The first-order valence-electron chi connectivity index (χ1n) is 9.88. The number of sulfone groups is 1. The Bertz CT molecular complexity index is 1570. The summed E-state index contributed by atoms with van der Waals surface area (Å²) in [5.41, 5.74) is 2.70. The highest BCUT2D eigenvalue weighted by Gasteiger charge is 2.18. The van der Waals surface area contributed by atoms with Crippen molar-refractivity contribution in [3.05, 3.63) is 90.5 Å². The van der Waals surface area contributed by atoms with Crippen LogP contribution in [-0.2, 0) is 23.4 Å². The Kier molecular flexibility index (Phi) is 4.75. The molecule has 1 amide bonds. The number of fused-ring (bicyclic) bond motifs is 2. The van der Waals surface area contributed by atoms with E-state index >= 15 is 0 Å². The predicted molar refractivity (Wildman–Crippen MR) is 119 cm³/mol. The van der Waals surface area contributed by atoms with Crippen LogP contribution in [0.15, 0.2) is 89.2 Å². The van der Waals surface area contributed by atoms with E-state index in [1.54, 1.807) is 89.3 Å². The summed E-state index contributed by atoms with van der Waals surface area (Å²) in [7, 11) is -1.88. The number of benzene rings is 2. The van der Waals surface area contributed by atoms with Crippen molar-refractivity contribution in [2.75, 3.05) is 0 Å². The zero-order valence-corrected chi connectivity index (χ0v) is 18.0. The van der Waals surface area contributed by atoms with E-state index in [1.807, 2.05) is 6.20 Å². The van der Waals surface area contributed by atoms with Gasteiger partial charge >= 0.3 is 0 Å². The highest BCUT2D eigenvalue weighted by atomic mass is 32.2. The molecule has 0 fully saturated rings. The van der Waals surface area contributed by atoms with Crippen LogP contribution in [0.1, 0.15) is 15.9 Å². The first-order valence-corrected chi connectivity index (χ1v) is 11.4. The number of carbonyl (C=O) groups excluding carboxylic acids is 1. The molecule has 0 aliphatic rings. The molecule has 0 unspecified atom stereocenters. The topological polar surface area (TPSA) is 98.4 Å². The smallest absolute Gasteiger partial charge is 0.253 e. The van der Waals surface area contributed by atoms with Crippen LogP contribution in [0.4, 0.5) is 0 Å². The van der Waals surface area contributed by atoms with Crippen LogP contribution in [0, 0.1) is 0 Å². The minimum atomic E-state index is -3.67. The van der Waals surface area contributed by atoms with Crippen molar-refractivity contribution in [3.8, 4) is 0 Å². The summed E-state index contributed by atoms with van der Waals surface area (Å²) in [6.07, 6.45) is 6.99. The van der Waals surface area contributed by atoms with Gasteiger partial charge in [-0.25, -0.2) is 13.4 Å². The number of rotatable bonds is 5. The zero-order valence-electron chi connectivity index (χ0n) is 17.1. The molecule has 0 saturated heterocycles. The third-order valence-electron chi connectivity index (χ3n) is 5.24. The van der Waals surface area contributed by atoms with Crippen molar-refractivity contribution in [2.45, 2.75) is 16.3 Å². The van der Waals surface area contributed by atoms with Gasteiger partial charge in [-0.2, -0.15) is 5.10 Å². The number of hydrogen-bond donors (Lipinski definition) is 1. The fourth-order valence-corrected chi connectivity index (χ4v) is 4.83. The van der Waals surface area contributed by atoms with Crippen molar-refractivity contribution in [3.63, 3.8) is 0 Å². The Hall–Kier alpha value is -3.98. The highest BCUT2D eigenvalue weighted by Crippen LogP contribution is 2.24. The van der Waals surface area contributed by atoms with Gasteiger partial charge in [0.15, 0.2) is 0 Å². The maximum absolute atomic E-state index is 13.0. The van der Waals surface area contributed by atoms with Gasteiger partial charge in [-0.3, -0.25) is 9.48 Å². The molecule has 8 nitrogen and oxygen atoms in total. The summed E-state index contributed by atoms with van der Waals surface area (Å²) in [4.78, 5) is 17.0. The molecule has 0 atom stereocenters. The van der Waals surface area contributed by atoms with Crippen LogP contribution in [-0.4, -0.2) is 33.5 Å². The summed E-state index contributed by atoms with van der Waals surface area (Å²) in [6.45, 7) is 0.279. The third kappa shape index (κ3) is 3.63. The van der Waals surface area contributed by atoms with Gasteiger partial charge in [-0.1, -0.05) is 12.1 Å². The molecule has 1 N–H and O–H groups in total. The second-order valence-electron chi connectivity index (χ2n) is 7.46. The molecule has 3 aromatic heterocycles. The molecular formula is C23H19N5O3S. The molecule has 32 heavy (non-hydrogen) atoms. The van der Waals surface area contributed by atoms with Crippen LogP contribution in [0.5, 0.6) is 0 Å². The summed E-state index contributed by atoms with van der Waals surface area (Å²) in [6, 6.07) is 14.9. The van der Waals surface area contributed by atoms with Crippen LogP contribution < -0.4 is 5.32 Å². The average Bonchev–Trinajstić information content (AvgIpc) is 3.41. The molecule has 0 aliphatic heterocycles. The van der Waals surface area contributed by atoms with Gasteiger partial charge < -0.3 is 9.72 Å². The largest absolute Gasteiger partial charge is 0.348 e. The summed E-state index contributed by atoms with van der Waals surface area (Å²) in [5.74, 6) is -0.221. The second kappa shape index (κ2) is 7.61. The van der Waals surface area contributed by atoms with E-state index in [0.29, 0.717) is 11.1 Å². The van der Waals surface area contributed by atoms with E-state index in [1.165, 1.54) is 0 Å².